The molecule has 2 aliphatic heterocycles. The average molecular weight is 407 g/mol. The molecule has 1 aliphatic carbocycles. The molecule has 0 saturated carbocycles. The number of hydrogen-bond donors (Lipinski definition) is 2. The number of nitrogens with two attached hydrogens (primary N) is 1. The fraction of sp³-hybridized carbons (Fsp3) is 0.400. The maximum Gasteiger partial charge on any atom is 0.305 e. The molecule has 4 heterocycles. The van der Waals surface area contributed by atoms with Crippen LogP contribution in [0.25, 0.3) is 6.08 Å². The largest absolute Gasteiger partial charge is 0.381 e. The van der Waals surface area contributed by atoms with Crippen LogP contribution in [-0.2, 0) is 6.42 Å². The van der Waals surface area contributed by atoms with Crippen molar-refractivity contribution in [2.24, 2.45) is 5.73 Å². The number of allylic oxidation sites excluding steroid dienone is 1. The van der Waals surface area contributed by atoms with E-state index in [9.17, 15) is 14.9 Å². The van der Waals surface area contributed by atoms with Gasteiger partial charge >= 0.3 is 5.69 Å². The monoisotopic (exact) mass is 407 g/mol. The fourth-order valence-corrected chi connectivity index (χ4v) is 4.91. The highest BCUT2D eigenvalue weighted by molar-refractivity contribution is 6.00. The Labute approximate surface area is 172 Å². The Balaban J connectivity index is 1.37. The van der Waals surface area contributed by atoms with Crippen molar-refractivity contribution in [1.29, 1.82) is 0 Å². The van der Waals surface area contributed by atoms with Gasteiger partial charge in [0.2, 0.25) is 5.95 Å². The first-order valence-corrected chi connectivity index (χ1v) is 10.0. The fourth-order valence-electron chi connectivity index (χ4n) is 4.91. The van der Waals surface area contributed by atoms with Crippen LogP contribution in [0.4, 0.5) is 17.3 Å². The van der Waals surface area contributed by atoms with Crippen LogP contribution in [-0.4, -0.2) is 43.9 Å². The minimum Gasteiger partial charge on any atom is -0.381 e. The van der Waals surface area contributed by atoms with E-state index in [-0.39, 0.29) is 23.8 Å². The molecule has 5 rings (SSSR count). The number of aromatic nitrogens is 3. The highest BCUT2D eigenvalue weighted by Gasteiger charge is 2.42. The van der Waals surface area contributed by atoms with Gasteiger partial charge in [0, 0.05) is 36.3 Å². The lowest BCUT2D eigenvalue weighted by Gasteiger charge is -2.39. The standard InChI is InChI=1S/C20H21N7O3/c21-19(28)16-10-22-17-3-1-2-15(17)18(16)25-11-6-12-4-5-13(7-11)26(12)20-23-8-14(9-24-20)27(29)30/h1-2,8-13H,3-7H2,(H2,21,28)(H,22,25)/t11?,12-,13+. The van der Waals surface area contributed by atoms with Crippen LogP contribution in [0, 0.1) is 10.1 Å². The second kappa shape index (κ2) is 7.05. The quantitative estimate of drug-likeness (QED) is 0.567. The topological polar surface area (TPSA) is 140 Å². The van der Waals surface area contributed by atoms with Crippen molar-refractivity contribution in [2.45, 2.75) is 50.2 Å². The number of fused-ring (bicyclic) bond motifs is 3. The molecule has 1 unspecified atom stereocenters. The van der Waals surface area contributed by atoms with Crippen molar-refractivity contribution in [3.05, 3.63) is 51.6 Å². The number of anilines is 2. The molecule has 2 aromatic heterocycles. The summed E-state index contributed by atoms with van der Waals surface area (Å²) >= 11 is 0. The smallest absolute Gasteiger partial charge is 0.305 e. The molecule has 0 spiro atoms. The number of carbonyl (C=O) groups is 1. The maximum atomic E-state index is 12.0. The van der Waals surface area contributed by atoms with Crippen LogP contribution in [0.15, 0.2) is 24.7 Å². The molecule has 154 valence electrons. The molecule has 3 aliphatic rings. The number of carbonyl (C=O) groups excluding carboxylic acids is 1. The van der Waals surface area contributed by atoms with E-state index < -0.39 is 10.8 Å². The Morgan fingerprint density at radius 3 is 2.50 bits per heavy atom. The average Bonchev–Trinajstić information content (AvgIpc) is 3.31. The number of nitro groups is 1. The third kappa shape index (κ3) is 3.04. The normalized spacial score (nSPS) is 24.0. The van der Waals surface area contributed by atoms with Gasteiger partial charge in [-0.25, -0.2) is 9.97 Å². The van der Waals surface area contributed by atoms with Crippen LogP contribution in [0.5, 0.6) is 0 Å². The number of nitrogens with one attached hydrogen (secondary N) is 1. The van der Waals surface area contributed by atoms with Crippen molar-refractivity contribution >= 4 is 29.3 Å². The van der Waals surface area contributed by atoms with Crippen LogP contribution in [0.2, 0.25) is 0 Å². The molecule has 2 fully saturated rings. The van der Waals surface area contributed by atoms with Crippen molar-refractivity contribution < 1.29 is 9.72 Å². The number of piperidine rings is 1. The SMILES string of the molecule is NC(=O)c1cnc2c(c1NC1C[C@H]3CC[C@@H](C1)N3c1ncc([N+](=O)[O-])cn1)C=CC2. The van der Waals surface area contributed by atoms with E-state index >= 15 is 0 Å². The predicted octanol–water partition coefficient (Wildman–Crippen LogP) is 2.06. The zero-order valence-corrected chi connectivity index (χ0v) is 16.2. The first-order chi connectivity index (χ1) is 14.5. The van der Waals surface area contributed by atoms with E-state index in [2.05, 4.69) is 25.2 Å². The van der Waals surface area contributed by atoms with Gasteiger partial charge in [-0.15, -0.1) is 0 Å². The Kier molecular flexibility index (Phi) is 4.34. The second-order valence-corrected chi connectivity index (χ2v) is 7.98. The second-order valence-electron chi connectivity index (χ2n) is 7.98. The Hall–Kier alpha value is -3.56. The van der Waals surface area contributed by atoms with Crippen LogP contribution < -0.4 is 16.0 Å². The molecular weight excluding hydrogens is 386 g/mol. The molecule has 3 N–H and O–H groups in total. The van der Waals surface area contributed by atoms with E-state index in [0.717, 1.165) is 49.0 Å². The van der Waals surface area contributed by atoms with Crippen molar-refractivity contribution in [2.75, 3.05) is 10.2 Å². The molecule has 1 amide bonds. The van der Waals surface area contributed by atoms with Crippen LogP contribution >= 0.6 is 0 Å². The molecule has 2 saturated heterocycles. The van der Waals surface area contributed by atoms with Gasteiger partial charge in [-0.3, -0.25) is 19.9 Å². The van der Waals surface area contributed by atoms with Gasteiger partial charge in [-0.05, 0) is 25.7 Å². The van der Waals surface area contributed by atoms with Gasteiger partial charge < -0.3 is 16.0 Å². The highest BCUT2D eigenvalue weighted by Crippen LogP contribution is 2.40. The van der Waals surface area contributed by atoms with Crippen molar-refractivity contribution in [1.82, 2.24) is 15.0 Å². The molecule has 10 heteroatoms. The zero-order valence-electron chi connectivity index (χ0n) is 16.2. The van der Waals surface area contributed by atoms with Crippen LogP contribution in [0.1, 0.15) is 47.3 Å². The van der Waals surface area contributed by atoms with E-state index in [0.29, 0.717) is 11.5 Å². The summed E-state index contributed by atoms with van der Waals surface area (Å²) in [5.41, 5.74) is 8.56. The van der Waals surface area contributed by atoms with E-state index in [1.165, 1.54) is 12.4 Å². The summed E-state index contributed by atoms with van der Waals surface area (Å²) in [7, 11) is 0. The van der Waals surface area contributed by atoms with E-state index in [4.69, 9.17) is 5.73 Å². The Bertz CT molecular complexity index is 1040. The third-order valence-electron chi connectivity index (χ3n) is 6.21. The minimum atomic E-state index is -0.494. The lowest BCUT2D eigenvalue weighted by Crippen LogP contribution is -2.48. The summed E-state index contributed by atoms with van der Waals surface area (Å²) < 4.78 is 0. The van der Waals surface area contributed by atoms with Gasteiger partial charge in [0.15, 0.2) is 0 Å². The lowest BCUT2D eigenvalue weighted by molar-refractivity contribution is -0.385. The Morgan fingerprint density at radius 1 is 1.17 bits per heavy atom. The summed E-state index contributed by atoms with van der Waals surface area (Å²) in [4.78, 5) is 37.4. The number of hydrogen-bond acceptors (Lipinski definition) is 8. The lowest BCUT2D eigenvalue weighted by atomic mass is 9.96. The molecule has 10 nitrogen and oxygen atoms in total. The number of nitrogens with zero attached hydrogens (tertiary/aromatic N) is 5. The van der Waals surface area contributed by atoms with Crippen molar-refractivity contribution in [3.63, 3.8) is 0 Å². The molecule has 0 radical (unpaired) electrons. The first-order valence-electron chi connectivity index (χ1n) is 10.0. The highest BCUT2D eigenvalue weighted by atomic mass is 16.6. The summed E-state index contributed by atoms with van der Waals surface area (Å²) in [6.45, 7) is 0. The first kappa shape index (κ1) is 18.5. The molecule has 30 heavy (non-hydrogen) atoms. The van der Waals surface area contributed by atoms with E-state index in [1.54, 1.807) is 6.20 Å². The van der Waals surface area contributed by atoms with Crippen molar-refractivity contribution in [3.8, 4) is 0 Å². The zero-order chi connectivity index (χ0) is 20.8. The molecule has 3 atom stereocenters. The minimum absolute atomic E-state index is 0.110. The number of amides is 1. The summed E-state index contributed by atoms with van der Waals surface area (Å²) in [6.07, 6.45) is 12.6. The van der Waals surface area contributed by atoms with Gasteiger partial charge in [0.1, 0.15) is 12.4 Å². The van der Waals surface area contributed by atoms with Crippen LogP contribution in [0.3, 0.4) is 0 Å². The Morgan fingerprint density at radius 2 is 1.87 bits per heavy atom. The number of pyridine rings is 1. The maximum absolute atomic E-state index is 12.0. The number of primary amides is 1. The molecule has 2 aromatic rings. The summed E-state index contributed by atoms with van der Waals surface area (Å²) in [5.74, 6) is 0.0462. The third-order valence-corrected chi connectivity index (χ3v) is 6.21. The molecular formula is C20H21N7O3. The predicted molar refractivity (Wildman–Crippen MR) is 110 cm³/mol. The van der Waals surface area contributed by atoms with Gasteiger partial charge in [0.25, 0.3) is 5.91 Å². The summed E-state index contributed by atoms with van der Waals surface area (Å²) in [5, 5.41) is 14.4. The summed E-state index contributed by atoms with van der Waals surface area (Å²) in [6, 6.07) is 0.658. The van der Waals surface area contributed by atoms with E-state index in [1.807, 2.05) is 12.2 Å². The molecule has 0 aromatic carbocycles. The van der Waals surface area contributed by atoms with Gasteiger partial charge in [-0.2, -0.15) is 0 Å². The number of rotatable bonds is 5. The van der Waals surface area contributed by atoms with Gasteiger partial charge in [-0.1, -0.05) is 12.2 Å². The molecule has 2 bridgehead atoms. The van der Waals surface area contributed by atoms with Gasteiger partial charge in [0.05, 0.1) is 21.9 Å².